The molecule has 0 radical (unpaired) electrons. The monoisotopic (exact) mass is 148 g/mol. The molecule has 0 aliphatic carbocycles. The summed E-state index contributed by atoms with van der Waals surface area (Å²) in [4.78, 5) is 0. The average Bonchev–Trinajstić information content (AvgIpc) is 1.64. The second-order valence-corrected chi connectivity index (χ2v) is 4.25. The van der Waals surface area contributed by atoms with Crippen LogP contribution in [0.4, 0.5) is 0 Å². The van der Waals surface area contributed by atoms with Gasteiger partial charge in [0.2, 0.25) is 7.71 Å². The van der Waals surface area contributed by atoms with Crippen molar-refractivity contribution < 1.29 is 0 Å². The first-order valence-electron chi connectivity index (χ1n) is 2.37. The van der Waals surface area contributed by atoms with Gasteiger partial charge in [-0.25, -0.2) is 0 Å². The fraction of sp³-hybridized carbons (Fsp3) is 0.600. The average molecular weight is 148 g/mol. The Bertz CT molecular complexity index is 135. The molecule has 0 bridgehead atoms. The smallest absolute Gasteiger partial charge is 0.119 e. The molecule has 0 aromatic heterocycles. The van der Waals surface area contributed by atoms with Gasteiger partial charge in [-0.05, 0) is 19.4 Å². The topological polar surface area (TPSA) is 23.9 Å². The predicted octanol–water partition coefficient (Wildman–Crippen LogP) is 3.04. The van der Waals surface area contributed by atoms with E-state index < -0.39 is 7.71 Å². The lowest BCUT2D eigenvalue weighted by molar-refractivity contribution is 1.40. The first-order chi connectivity index (χ1) is 3.55. The highest BCUT2D eigenvalue weighted by Gasteiger charge is 2.05. The molecule has 1 nitrogen and oxygen atoms in total. The molecule has 0 aromatic rings. The summed E-state index contributed by atoms with van der Waals surface area (Å²) in [6, 6.07) is 0. The van der Waals surface area contributed by atoms with Crippen LogP contribution in [0.3, 0.4) is 0 Å². The molecule has 1 unspecified atom stereocenters. The summed E-state index contributed by atoms with van der Waals surface area (Å²) in [7, 11) is -0.707. The number of rotatable bonds is 1. The van der Waals surface area contributed by atoms with E-state index in [1.165, 1.54) is 0 Å². The van der Waals surface area contributed by atoms with E-state index >= 15 is 0 Å². The number of hydrogen-bond acceptors (Lipinski definition) is 2. The van der Waals surface area contributed by atoms with E-state index in [1.807, 2.05) is 20.5 Å². The lowest BCUT2D eigenvalue weighted by Crippen LogP contribution is -1.65. The van der Waals surface area contributed by atoms with Crippen LogP contribution in [0.1, 0.15) is 13.8 Å². The maximum absolute atomic E-state index is 7.24. The van der Waals surface area contributed by atoms with Crippen LogP contribution in [0.5, 0.6) is 0 Å². The highest BCUT2D eigenvalue weighted by atomic mass is 32.1. The van der Waals surface area contributed by atoms with Gasteiger partial charge in [0, 0.05) is 0 Å². The first kappa shape index (κ1) is 8.19. The van der Waals surface area contributed by atoms with Gasteiger partial charge in [-0.1, -0.05) is 12.6 Å². The van der Waals surface area contributed by atoms with Crippen molar-refractivity contribution in [2.75, 3.05) is 6.66 Å². The molecule has 0 aliphatic rings. The summed E-state index contributed by atoms with van der Waals surface area (Å²) in [5.74, 6) is 0. The Balaban J connectivity index is 4.23. The largest absolute Gasteiger partial charge is 0.237 e. The normalized spacial score (nSPS) is 10.8. The maximum Gasteiger partial charge on any atom is 0.237 e. The minimum atomic E-state index is -0.707. The van der Waals surface area contributed by atoms with Crippen LogP contribution in [0.2, 0.25) is 0 Å². The van der Waals surface area contributed by atoms with Gasteiger partial charge in [0.1, 0.15) is 6.66 Å². The van der Waals surface area contributed by atoms with E-state index in [0.29, 0.717) is 0 Å². The molecule has 8 heavy (non-hydrogen) atoms. The predicted molar refractivity (Wildman–Crippen MR) is 42.9 cm³/mol. The number of hydrogen-bond donors (Lipinski definition) is 2. The molecule has 1 N–H and O–H groups in total. The summed E-state index contributed by atoms with van der Waals surface area (Å²) in [6.45, 7) is 5.84. The van der Waals surface area contributed by atoms with Gasteiger partial charge in [0.25, 0.3) is 0 Å². The molecule has 0 aliphatic heterocycles. The van der Waals surface area contributed by atoms with E-state index in [4.69, 9.17) is 5.16 Å². The minimum Gasteiger partial charge on any atom is -0.119 e. The Kier molecular flexibility index (Phi) is 3.34. The van der Waals surface area contributed by atoms with E-state index in [1.54, 1.807) is 0 Å². The molecule has 3 heteroatoms. The molecule has 0 saturated heterocycles. The van der Waals surface area contributed by atoms with Gasteiger partial charge in [-0.3, -0.25) is 0 Å². The molecule has 0 fully saturated rings. The van der Waals surface area contributed by atoms with Crippen molar-refractivity contribution in [1.82, 2.24) is 0 Å². The minimum absolute atomic E-state index is 0.707. The molecule has 1 atom stereocenters. The van der Waals surface area contributed by atoms with Gasteiger partial charge in [-0.15, -0.1) is 5.16 Å². The zero-order chi connectivity index (χ0) is 6.73. The van der Waals surface area contributed by atoms with Gasteiger partial charge in [0.15, 0.2) is 4.65 Å². The maximum atomic E-state index is 7.24. The van der Waals surface area contributed by atoms with Crippen LogP contribution >= 0.6 is 20.3 Å². The van der Waals surface area contributed by atoms with Crippen LogP contribution < -0.4 is 0 Å². The van der Waals surface area contributed by atoms with Gasteiger partial charge < -0.3 is 0 Å². The van der Waals surface area contributed by atoms with Crippen molar-refractivity contribution in [3.05, 3.63) is 10.2 Å². The molecule has 0 aromatic carbocycles. The Morgan fingerprint density at radius 2 is 1.88 bits per heavy atom. The Labute approximate surface area is 56.9 Å². The fourth-order valence-corrected chi connectivity index (χ4v) is 1.01. The van der Waals surface area contributed by atoms with Crippen LogP contribution in [-0.4, -0.2) is 6.66 Å². The van der Waals surface area contributed by atoms with Gasteiger partial charge >= 0.3 is 0 Å². The van der Waals surface area contributed by atoms with Gasteiger partial charge in [0.05, 0.1) is 0 Å². The second-order valence-electron chi connectivity index (χ2n) is 1.88. The third kappa shape index (κ3) is 2.49. The number of thiol groups is 1. The molecule has 0 rings (SSSR count). The molecule has 0 spiro atoms. The third-order valence-corrected chi connectivity index (χ3v) is 3.19. The molecule has 0 amide bonds. The lowest BCUT2D eigenvalue weighted by atomic mass is 10.4. The van der Waals surface area contributed by atoms with E-state index in [-0.39, 0.29) is 0 Å². The summed E-state index contributed by atoms with van der Waals surface area (Å²) in [6.07, 6.45) is 0. The SMILES string of the molecule is CC(C)=C(S)[P+](C)=N. The zero-order valence-corrected chi connectivity index (χ0v) is 7.18. The highest BCUT2D eigenvalue weighted by molar-refractivity contribution is 7.93. The molecular formula is C5H11NPS+. The van der Waals surface area contributed by atoms with Crippen molar-refractivity contribution >= 4 is 20.3 Å². The van der Waals surface area contributed by atoms with Crippen molar-refractivity contribution in [3.8, 4) is 0 Å². The van der Waals surface area contributed by atoms with Crippen molar-refractivity contribution in [2.24, 2.45) is 0 Å². The quantitative estimate of drug-likeness (QED) is 0.422. The molecule has 46 valence electrons. The van der Waals surface area contributed by atoms with Crippen LogP contribution in [-0.2, 0) is 0 Å². The Morgan fingerprint density at radius 1 is 1.50 bits per heavy atom. The zero-order valence-electron chi connectivity index (χ0n) is 5.39. The van der Waals surface area contributed by atoms with E-state index in [2.05, 4.69) is 12.6 Å². The Hall–Kier alpha value is 0.190. The Morgan fingerprint density at radius 3 is 1.88 bits per heavy atom. The molecule has 0 saturated carbocycles. The van der Waals surface area contributed by atoms with E-state index in [0.717, 1.165) is 10.2 Å². The fourth-order valence-electron chi connectivity index (χ4n) is 0.335. The summed E-state index contributed by atoms with van der Waals surface area (Å²) in [5.41, 5.74) is 1.16. The number of allylic oxidation sites excluding steroid dienone is 1. The van der Waals surface area contributed by atoms with Crippen molar-refractivity contribution in [2.45, 2.75) is 13.8 Å². The standard InChI is InChI=1S/C5H10NPS/c1-4(2)5(8)7(3)6/h6H,1-3H3/p+1. The van der Waals surface area contributed by atoms with Crippen molar-refractivity contribution in [3.63, 3.8) is 0 Å². The summed E-state index contributed by atoms with van der Waals surface area (Å²) in [5, 5.41) is 7.24. The van der Waals surface area contributed by atoms with Gasteiger partial charge in [-0.2, -0.15) is 0 Å². The second kappa shape index (κ2) is 3.26. The summed E-state index contributed by atoms with van der Waals surface area (Å²) >= 11 is 4.14. The molecular weight excluding hydrogens is 137 g/mol. The van der Waals surface area contributed by atoms with E-state index in [9.17, 15) is 0 Å². The highest BCUT2D eigenvalue weighted by Crippen LogP contribution is 2.33. The molecule has 0 heterocycles. The third-order valence-electron chi connectivity index (χ3n) is 0.765. The van der Waals surface area contributed by atoms with Crippen LogP contribution in [0.25, 0.3) is 0 Å². The number of nitrogens with one attached hydrogen (secondary N) is 1. The van der Waals surface area contributed by atoms with Crippen LogP contribution in [0.15, 0.2) is 10.2 Å². The first-order valence-corrected chi connectivity index (χ1v) is 4.60. The summed E-state index contributed by atoms with van der Waals surface area (Å²) < 4.78 is 0.944. The van der Waals surface area contributed by atoms with Crippen LogP contribution in [0, 0.1) is 5.16 Å². The lowest BCUT2D eigenvalue weighted by Gasteiger charge is -1.84. The van der Waals surface area contributed by atoms with Crippen molar-refractivity contribution in [1.29, 1.82) is 5.16 Å².